The fraction of sp³-hybridized carbons (Fsp3) is 0.158. The standard InChI is InChI=1S/C19H15ClN2O2S/c20-15-6-4-13(5-7-15)12-24-16-3-1-2-14(10-16)11-17-18(23)22-9-8-21-19(22)25-17/h1-7,10-11H,8-9,12H2. The molecule has 1 aliphatic rings. The molecule has 0 saturated carbocycles. The monoisotopic (exact) mass is 370 g/mol. The molecule has 2 aromatic carbocycles. The highest BCUT2D eigenvalue weighted by molar-refractivity contribution is 7.07. The maximum atomic E-state index is 12.3. The molecule has 1 aliphatic heterocycles. The molecular weight excluding hydrogens is 356 g/mol. The molecule has 0 amide bonds. The average molecular weight is 371 g/mol. The van der Waals surface area contributed by atoms with Crippen molar-refractivity contribution in [3.05, 3.63) is 84.4 Å². The second kappa shape index (κ2) is 6.86. The summed E-state index contributed by atoms with van der Waals surface area (Å²) in [6.07, 6.45) is 1.89. The van der Waals surface area contributed by atoms with E-state index in [1.165, 1.54) is 11.3 Å². The first-order valence-electron chi connectivity index (χ1n) is 7.92. The van der Waals surface area contributed by atoms with Crippen LogP contribution in [0, 0.1) is 0 Å². The predicted molar refractivity (Wildman–Crippen MR) is 100 cm³/mol. The lowest BCUT2D eigenvalue weighted by Gasteiger charge is -2.07. The summed E-state index contributed by atoms with van der Waals surface area (Å²) in [4.78, 5) is 17.5. The molecule has 3 aromatic rings. The van der Waals surface area contributed by atoms with Gasteiger partial charge in [-0.2, -0.15) is 0 Å². The minimum absolute atomic E-state index is 0.0359. The first kappa shape index (κ1) is 16.1. The molecule has 0 unspecified atom stereocenters. The molecule has 4 nitrogen and oxygen atoms in total. The zero-order valence-electron chi connectivity index (χ0n) is 13.3. The van der Waals surface area contributed by atoms with Crippen LogP contribution < -0.4 is 19.6 Å². The van der Waals surface area contributed by atoms with Gasteiger partial charge in [0.25, 0.3) is 5.56 Å². The molecule has 6 heteroatoms. The molecule has 126 valence electrons. The second-order valence-electron chi connectivity index (χ2n) is 5.72. The number of hydrogen-bond donors (Lipinski definition) is 0. The van der Waals surface area contributed by atoms with Gasteiger partial charge in [-0.25, -0.2) is 0 Å². The second-order valence-corrected chi connectivity index (χ2v) is 7.16. The Morgan fingerprint density at radius 2 is 2.08 bits per heavy atom. The van der Waals surface area contributed by atoms with E-state index in [0.29, 0.717) is 29.3 Å². The number of nitrogens with zero attached hydrogens (tertiary/aromatic N) is 2. The molecule has 25 heavy (non-hydrogen) atoms. The van der Waals surface area contributed by atoms with E-state index in [1.54, 1.807) is 4.57 Å². The molecule has 2 heterocycles. The van der Waals surface area contributed by atoms with Crippen molar-refractivity contribution in [1.29, 1.82) is 0 Å². The van der Waals surface area contributed by atoms with Crippen molar-refractivity contribution in [2.24, 2.45) is 4.99 Å². The van der Waals surface area contributed by atoms with E-state index in [4.69, 9.17) is 16.3 Å². The summed E-state index contributed by atoms with van der Waals surface area (Å²) in [5.41, 5.74) is 2.02. The fourth-order valence-corrected chi connectivity index (χ4v) is 3.82. The van der Waals surface area contributed by atoms with Crippen LogP contribution in [0.3, 0.4) is 0 Å². The Morgan fingerprint density at radius 1 is 1.24 bits per heavy atom. The maximum absolute atomic E-state index is 12.3. The molecule has 0 aliphatic carbocycles. The van der Waals surface area contributed by atoms with Crippen LogP contribution in [0.5, 0.6) is 5.75 Å². The molecule has 4 rings (SSSR count). The normalized spacial score (nSPS) is 13.6. The summed E-state index contributed by atoms with van der Waals surface area (Å²) in [6.45, 7) is 1.85. The number of rotatable bonds is 4. The van der Waals surface area contributed by atoms with Gasteiger partial charge in [0.1, 0.15) is 12.4 Å². The quantitative estimate of drug-likeness (QED) is 0.708. The Morgan fingerprint density at radius 3 is 2.88 bits per heavy atom. The summed E-state index contributed by atoms with van der Waals surface area (Å²) in [5.74, 6) is 0.762. The predicted octanol–water partition coefficient (Wildman–Crippen LogP) is 2.60. The summed E-state index contributed by atoms with van der Waals surface area (Å²) < 4.78 is 8.28. The topological polar surface area (TPSA) is 43.6 Å². The highest BCUT2D eigenvalue weighted by atomic mass is 35.5. The third kappa shape index (κ3) is 3.52. The van der Waals surface area contributed by atoms with E-state index >= 15 is 0 Å². The average Bonchev–Trinajstić information content (AvgIpc) is 3.19. The molecular formula is C19H15ClN2O2S. The van der Waals surface area contributed by atoms with Crippen LogP contribution in [0.25, 0.3) is 6.08 Å². The molecule has 0 fully saturated rings. The van der Waals surface area contributed by atoms with Crippen LogP contribution in [0.1, 0.15) is 11.1 Å². The lowest BCUT2D eigenvalue weighted by Crippen LogP contribution is -2.29. The summed E-state index contributed by atoms with van der Waals surface area (Å²) in [7, 11) is 0. The number of thiazole rings is 1. The number of ether oxygens (including phenoxy) is 1. The van der Waals surface area contributed by atoms with Crippen molar-refractivity contribution >= 4 is 29.0 Å². The van der Waals surface area contributed by atoms with Gasteiger partial charge >= 0.3 is 0 Å². The number of halogens is 1. The van der Waals surface area contributed by atoms with Gasteiger partial charge in [-0.3, -0.25) is 14.4 Å². The summed E-state index contributed by atoms with van der Waals surface area (Å²) in [5, 5.41) is 0.709. The van der Waals surface area contributed by atoms with Gasteiger partial charge in [0.2, 0.25) is 0 Å². The van der Waals surface area contributed by atoms with Gasteiger partial charge < -0.3 is 4.74 Å². The van der Waals surface area contributed by atoms with Gasteiger partial charge in [0.15, 0.2) is 4.80 Å². The van der Waals surface area contributed by atoms with Gasteiger partial charge in [-0.15, -0.1) is 0 Å². The van der Waals surface area contributed by atoms with Crippen LogP contribution in [0.2, 0.25) is 5.02 Å². The van der Waals surface area contributed by atoms with Crippen LogP contribution in [0.4, 0.5) is 0 Å². The number of hydrogen-bond acceptors (Lipinski definition) is 4. The Hall–Kier alpha value is -2.37. The molecule has 1 aromatic heterocycles. The van der Waals surface area contributed by atoms with Gasteiger partial charge in [-0.1, -0.05) is 47.2 Å². The van der Waals surface area contributed by atoms with E-state index < -0.39 is 0 Å². The van der Waals surface area contributed by atoms with E-state index in [-0.39, 0.29) is 5.56 Å². The number of fused-ring (bicyclic) bond motifs is 1. The van der Waals surface area contributed by atoms with Crippen molar-refractivity contribution in [3.63, 3.8) is 0 Å². The van der Waals surface area contributed by atoms with Crippen LogP contribution in [0.15, 0.2) is 58.3 Å². The molecule has 0 atom stereocenters. The highest BCUT2D eigenvalue weighted by Gasteiger charge is 2.09. The maximum Gasteiger partial charge on any atom is 0.270 e. The van der Waals surface area contributed by atoms with Crippen molar-refractivity contribution in [1.82, 2.24) is 4.57 Å². The summed E-state index contributed by atoms with van der Waals surface area (Å²) in [6, 6.07) is 15.3. The minimum Gasteiger partial charge on any atom is -0.489 e. The van der Waals surface area contributed by atoms with E-state index in [1.807, 2.05) is 54.6 Å². The lowest BCUT2D eigenvalue weighted by molar-refractivity contribution is 0.306. The first-order chi connectivity index (χ1) is 12.2. The van der Waals surface area contributed by atoms with Crippen LogP contribution in [-0.2, 0) is 13.2 Å². The minimum atomic E-state index is 0.0359. The van der Waals surface area contributed by atoms with Crippen LogP contribution >= 0.6 is 22.9 Å². The van der Waals surface area contributed by atoms with Gasteiger partial charge in [-0.05, 0) is 41.5 Å². The third-order valence-electron chi connectivity index (χ3n) is 3.93. The van der Waals surface area contributed by atoms with Crippen molar-refractivity contribution in [2.75, 3.05) is 6.54 Å². The van der Waals surface area contributed by atoms with Crippen molar-refractivity contribution in [3.8, 4) is 5.75 Å². The molecule has 0 radical (unpaired) electrons. The fourth-order valence-electron chi connectivity index (χ4n) is 2.66. The molecule has 0 N–H and O–H groups in total. The smallest absolute Gasteiger partial charge is 0.270 e. The van der Waals surface area contributed by atoms with Gasteiger partial charge in [0.05, 0.1) is 11.1 Å². The Labute approximate surface area is 153 Å². The Bertz CT molecular complexity index is 1080. The van der Waals surface area contributed by atoms with Crippen LogP contribution in [-0.4, -0.2) is 11.1 Å². The van der Waals surface area contributed by atoms with E-state index in [9.17, 15) is 4.79 Å². The Balaban J connectivity index is 1.56. The highest BCUT2D eigenvalue weighted by Crippen LogP contribution is 2.16. The third-order valence-corrected chi connectivity index (χ3v) is 5.23. The van der Waals surface area contributed by atoms with Crippen molar-refractivity contribution < 1.29 is 4.74 Å². The SMILES string of the molecule is O=c1c(=Cc2cccc(OCc3ccc(Cl)cc3)c2)sc2n1CCN=2. The van der Waals surface area contributed by atoms with Crippen molar-refractivity contribution in [2.45, 2.75) is 13.2 Å². The first-order valence-corrected chi connectivity index (χ1v) is 9.12. The lowest BCUT2D eigenvalue weighted by atomic mass is 10.2. The largest absolute Gasteiger partial charge is 0.489 e. The number of aromatic nitrogens is 1. The molecule has 0 saturated heterocycles. The molecule has 0 spiro atoms. The molecule has 0 bridgehead atoms. The van der Waals surface area contributed by atoms with E-state index in [0.717, 1.165) is 21.7 Å². The zero-order valence-corrected chi connectivity index (χ0v) is 14.9. The summed E-state index contributed by atoms with van der Waals surface area (Å²) >= 11 is 7.32. The Kier molecular flexibility index (Phi) is 4.42. The zero-order chi connectivity index (χ0) is 17.2. The van der Waals surface area contributed by atoms with E-state index in [2.05, 4.69) is 4.99 Å². The van der Waals surface area contributed by atoms with Gasteiger partial charge in [0, 0.05) is 11.6 Å². The number of benzene rings is 2.